The smallest absolute Gasteiger partial charge is 0.253 e. The maximum atomic E-state index is 12.4. The molecule has 4 heteroatoms. The number of anilines is 1. The van der Waals surface area contributed by atoms with Gasteiger partial charge in [-0.3, -0.25) is 4.79 Å². The Labute approximate surface area is 122 Å². The lowest BCUT2D eigenvalue weighted by Gasteiger charge is -2.22. The van der Waals surface area contributed by atoms with Crippen LogP contribution < -0.4 is 5.32 Å². The summed E-state index contributed by atoms with van der Waals surface area (Å²) in [7, 11) is 1.84. The third kappa shape index (κ3) is 4.22. The van der Waals surface area contributed by atoms with Gasteiger partial charge < -0.3 is 10.2 Å². The topological polar surface area (TPSA) is 45.2 Å². The summed E-state index contributed by atoms with van der Waals surface area (Å²) in [6.07, 6.45) is 0.958. The van der Waals surface area contributed by atoms with E-state index in [-0.39, 0.29) is 11.3 Å². The number of nitrogens with one attached hydrogen (secondary N) is 1. The van der Waals surface area contributed by atoms with Crippen molar-refractivity contribution < 1.29 is 4.79 Å². The van der Waals surface area contributed by atoms with Crippen LogP contribution in [-0.2, 0) is 5.41 Å². The van der Waals surface area contributed by atoms with Crippen LogP contribution in [0, 0.1) is 0 Å². The number of carbonyl (C=O) groups is 1. The van der Waals surface area contributed by atoms with Gasteiger partial charge in [-0.1, -0.05) is 27.7 Å². The molecular weight excluding hydrogens is 250 g/mol. The lowest BCUT2D eigenvalue weighted by atomic mass is 9.90. The third-order valence-electron chi connectivity index (χ3n) is 3.10. The summed E-state index contributed by atoms with van der Waals surface area (Å²) in [4.78, 5) is 18.8. The highest BCUT2D eigenvalue weighted by atomic mass is 16.2. The van der Waals surface area contributed by atoms with Crippen LogP contribution in [0.25, 0.3) is 0 Å². The Kier molecular flexibility index (Phi) is 5.54. The summed E-state index contributed by atoms with van der Waals surface area (Å²) in [5.74, 6) is 0.826. The van der Waals surface area contributed by atoms with Gasteiger partial charge in [-0.25, -0.2) is 4.98 Å². The highest BCUT2D eigenvalue weighted by Gasteiger charge is 2.20. The second-order valence-corrected chi connectivity index (χ2v) is 6.13. The van der Waals surface area contributed by atoms with Gasteiger partial charge in [0, 0.05) is 36.8 Å². The van der Waals surface area contributed by atoms with Crippen molar-refractivity contribution >= 4 is 11.7 Å². The lowest BCUT2D eigenvalue weighted by Crippen LogP contribution is -2.28. The largest absolute Gasteiger partial charge is 0.370 e. The van der Waals surface area contributed by atoms with E-state index in [4.69, 9.17) is 0 Å². The van der Waals surface area contributed by atoms with Gasteiger partial charge in [-0.15, -0.1) is 0 Å². The minimum atomic E-state index is -0.0796. The number of aromatic nitrogens is 1. The van der Waals surface area contributed by atoms with Crippen LogP contribution in [-0.4, -0.2) is 35.9 Å². The van der Waals surface area contributed by atoms with E-state index < -0.39 is 0 Å². The summed E-state index contributed by atoms with van der Waals surface area (Å²) in [6, 6.07) is 3.75. The highest BCUT2D eigenvalue weighted by molar-refractivity contribution is 5.94. The first-order valence-electron chi connectivity index (χ1n) is 7.31. The van der Waals surface area contributed by atoms with E-state index in [1.165, 1.54) is 0 Å². The van der Waals surface area contributed by atoms with Crippen LogP contribution in [0.5, 0.6) is 0 Å². The van der Waals surface area contributed by atoms with E-state index in [1.807, 2.05) is 26.1 Å². The molecule has 1 heterocycles. The first-order valence-corrected chi connectivity index (χ1v) is 7.31. The molecule has 1 rings (SSSR count). The van der Waals surface area contributed by atoms with Crippen LogP contribution in [0.3, 0.4) is 0 Å². The normalized spacial score (nSPS) is 11.3. The van der Waals surface area contributed by atoms with E-state index in [0.717, 1.165) is 31.0 Å². The van der Waals surface area contributed by atoms with Crippen LogP contribution >= 0.6 is 0 Å². The summed E-state index contributed by atoms with van der Waals surface area (Å²) in [6.45, 7) is 12.0. The van der Waals surface area contributed by atoms with Gasteiger partial charge in [0.15, 0.2) is 0 Å². The molecule has 0 aliphatic heterocycles. The molecule has 1 aromatic rings. The molecule has 0 unspecified atom stereocenters. The van der Waals surface area contributed by atoms with E-state index in [2.05, 4.69) is 38.0 Å². The van der Waals surface area contributed by atoms with Crippen molar-refractivity contribution in [3.63, 3.8) is 0 Å². The van der Waals surface area contributed by atoms with E-state index in [9.17, 15) is 4.79 Å². The minimum absolute atomic E-state index is 0.0545. The van der Waals surface area contributed by atoms with E-state index in [1.54, 1.807) is 4.90 Å². The van der Waals surface area contributed by atoms with Crippen molar-refractivity contribution in [1.29, 1.82) is 0 Å². The first-order chi connectivity index (χ1) is 9.29. The molecule has 112 valence electrons. The van der Waals surface area contributed by atoms with Crippen molar-refractivity contribution in [2.45, 2.75) is 46.5 Å². The minimum Gasteiger partial charge on any atom is -0.370 e. The van der Waals surface area contributed by atoms with E-state index in [0.29, 0.717) is 5.56 Å². The molecule has 0 saturated carbocycles. The van der Waals surface area contributed by atoms with E-state index >= 15 is 0 Å². The molecule has 0 atom stereocenters. The molecular formula is C16H27N3O. The average molecular weight is 277 g/mol. The zero-order valence-corrected chi connectivity index (χ0v) is 13.6. The number of pyridine rings is 1. The van der Waals surface area contributed by atoms with Gasteiger partial charge >= 0.3 is 0 Å². The molecule has 0 fully saturated rings. The molecule has 0 aliphatic rings. The molecule has 0 spiro atoms. The molecule has 20 heavy (non-hydrogen) atoms. The summed E-state index contributed by atoms with van der Waals surface area (Å²) in [5.41, 5.74) is 1.56. The fourth-order valence-electron chi connectivity index (χ4n) is 1.97. The van der Waals surface area contributed by atoms with Crippen LogP contribution in [0.2, 0.25) is 0 Å². The highest BCUT2D eigenvalue weighted by Crippen LogP contribution is 2.24. The van der Waals surface area contributed by atoms with Gasteiger partial charge in [-0.05, 0) is 25.5 Å². The maximum Gasteiger partial charge on any atom is 0.253 e. The Morgan fingerprint density at radius 3 is 2.45 bits per heavy atom. The van der Waals surface area contributed by atoms with Crippen LogP contribution in [0.15, 0.2) is 12.1 Å². The molecule has 0 radical (unpaired) electrons. The summed E-state index contributed by atoms with van der Waals surface area (Å²) >= 11 is 0. The molecule has 0 saturated heterocycles. The van der Waals surface area contributed by atoms with Gasteiger partial charge in [-0.2, -0.15) is 0 Å². The molecule has 1 amide bonds. The third-order valence-corrected chi connectivity index (χ3v) is 3.10. The van der Waals surface area contributed by atoms with Crippen molar-refractivity contribution in [3.8, 4) is 0 Å². The maximum absolute atomic E-state index is 12.4. The number of hydrogen-bond donors (Lipinski definition) is 1. The second-order valence-electron chi connectivity index (χ2n) is 6.13. The first kappa shape index (κ1) is 16.5. The van der Waals surface area contributed by atoms with Gasteiger partial charge in [0.2, 0.25) is 0 Å². The van der Waals surface area contributed by atoms with Gasteiger partial charge in [0.05, 0.1) is 0 Å². The van der Waals surface area contributed by atoms with Gasteiger partial charge in [0.25, 0.3) is 5.91 Å². The monoisotopic (exact) mass is 277 g/mol. The Balaban J connectivity index is 3.18. The molecule has 1 aromatic heterocycles. The Morgan fingerprint density at radius 1 is 1.30 bits per heavy atom. The predicted molar refractivity (Wildman–Crippen MR) is 84.4 cm³/mol. The zero-order chi connectivity index (χ0) is 15.3. The molecule has 1 N–H and O–H groups in total. The lowest BCUT2D eigenvalue weighted by molar-refractivity contribution is 0.0795. The van der Waals surface area contributed by atoms with Crippen LogP contribution in [0.1, 0.15) is 57.1 Å². The zero-order valence-electron chi connectivity index (χ0n) is 13.6. The van der Waals surface area contributed by atoms with Crippen molar-refractivity contribution in [3.05, 3.63) is 23.4 Å². The van der Waals surface area contributed by atoms with Crippen molar-refractivity contribution in [1.82, 2.24) is 9.88 Å². The molecule has 0 bridgehead atoms. The summed E-state index contributed by atoms with van der Waals surface area (Å²) in [5, 5.41) is 3.20. The van der Waals surface area contributed by atoms with Crippen molar-refractivity contribution in [2.75, 3.05) is 25.5 Å². The fraction of sp³-hybridized carbons (Fsp3) is 0.625. The molecule has 0 aliphatic carbocycles. The molecule has 0 aromatic carbocycles. The number of carbonyl (C=O) groups excluding carboxylic acids is 1. The summed E-state index contributed by atoms with van der Waals surface area (Å²) < 4.78 is 0. The number of rotatable bonds is 5. The Hall–Kier alpha value is -1.58. The van der Waals surface area contributed by atoms with Gasteiger partial charge in [0.1, 0.15) is 5.82 Å². The number of amides is 1. The number of nitrogens with zero attached hydrogens (tertiary/aromatic N) is 2. The van der Waals surface area contributed by atoms with Crippen LogP contribution in [0.4, 0.5) is 5.82 Å². The second kappa shape index (κ2) is 6.73. The Morgan fingerprint density at radius 2 is 1.95 bits per heavy atom. The quantitative estimate of drug-likeness (QED) is 0.898. The van der Waals surface area contributed by atoms with Crippen molar-refractivity contribution in [2.24, 2.45) is 0 Å². The average Bonchev–Trinajstić information content (AvgIpc) is 2.37. The standard InChI is InChI=1S/C16H27N3O/c1-7-9-19(6)15(20)12-10-13(16(3,4)5)18-14(11-12)17-8-2/h10-11H,7-9H2,1-6H3,(H,17,18). The predicted octanol–water partition coefficient (Wildman–Crippen LogP) is 3.29. The fourth-order valence-corrected chi connectivity index (χ4v) is 1.97. The Bertz CT molecular complexity index is 463. The SMILES string of the molecule is CCCN(C)C(=O)c1cc(NCC)nc(C(C)(C)C)c1. The molecule has 4 nitrogen and oxygen atoms in total. The number of hydrogen-bond acceptors (Lipinski definition) is 3.